The van der Waals surface area contributed by atoms with Crippen LogP contribution in [-0.4, -0.2) is 11.4 Å². The molecule has 0 bridgehead atoms. The maximum atomic E-state index is 12.3. The minimum atomic E-state index is -0.713. The number of rotatable bonds is 3. The van der Waals surface area contributed by atoms with Crippen LogP contribution in [0.5, 0.6) is 0 Å². The van der Waals surface area contributed by atoms with E-state index >= 15 is 0 Å². The molecule has 1 aromatic carbocycles. The van der Waals surface area contributed by atoms with E-state index in [4.69, 9.17) is 4.74 Å². The van der Waals surface area contributed by atoms with Gasteiger partial charge in [0.05, 0.1) is 5.76 Å². The quantitative estimate of drug-likeness (QED) is 0.760. The summed E-state index contributed by atoms with van der Waals surface area (Å²) in [6, 6.07) is 9.83. The summed E-state index contributed by atoms with van der Waals surface area (Å²) in [5.74, 6) is 0.915. The van der Waals surface area contributed by atoms with Crippen LogP contribution >= 0.6 is 0 Å². The second-order valence-corrected chi connectivity index (χ2v) is 5.28. The highest BCUT2D eigenvalue weighted by Gasteiger charge is 2.36. The van der Waals surface area contributed by atoms with Crippen LogP contribution in [0.25, 0.3) is 6.08 Å². The molecule has 1 aliphatic rings. The van der Waals surface area contributed by atoms with Gasteiger partial charge in [0, 0.05) is 0 Å². The SMILES string of the molecule is CC1=C(C)OC(C)(C(=O)/C=C/c2ccccc2)CC1. The molecule has 1 atom stereocenters. The molecule has 100 valence electrons. The Kier molecular flexibility index (Phi) is 3.89. The average Bonchev–Trinajstić information content (AvgIpc) is 2.42. The van der Waals surface area contributed by atoms with Crippen LogP contribution in [0.2, 0.25) is 0 Å². The molecular formula is C17H20O2. The molecule has 19 heavy (non-hydrogen) atoms. The Labute approximate surface area is 114 Å². The molecule has 2 rings (SSSR count). The van der Waals surface area contributed by atoms with Crippen molar-refractivity contribution in [2.24, 2.45) is 0 Å². The Morgan fingerprint density at radius 2 is 1.95 bits per heavy atom. The van der Waals surface area contributed by atoms with Gasteiger partial charge in [0.25, 0.3) is 0 Å². The highest BCUT2D eigenvalue weighted by atomic mass is 16.5. The van der Waals surface area contributed by atoms with Gasteiger partial charge in [-0.3, -0.25) is 4.79 Å². The van der Waals surface area contributed by atoms with E-state index in [0.717, 1.165) is 24.2 Å². The highest BCUT2D eigenvalue weighted by Crippen LogP contribution is 2.32. The standard InChI is InChI=1S/C17H20O2/c1-13-11-12-17(3,19-14(13)2)16(18)10-9-15-7-5-4-6-8-15/h4-10H,11-12H2,1-3H3/b10-9+. The van der Waals surface area contributed by atoms with Gasteiger partial charge in [-0.15, -0.1) is 0 Å². The van der Waals surface area contributed by atoms with Crippen molar-refractivity contribution in [2.75, 3.05) is 0 Å². The van der Waals surface area contributed by atoms with E-state index in [-0.39, 0.29) is 5.78 Å². The molecule has 0 saturated heterocycles. The zero-order valence-electron chi connectivity index (χ0n) is 11.8. The largest absolute Gasteiger partial charge is 0.484 e. The van der Waals surface area contributed by atoms with E-state index in [1.54, 1.807) is 6.08 Å². The molecule has 1 heterocycles. The topological polar surface area (TPSA) is 26.3 Å². The molecule has 0 aliphatic carbocycles. The average molecular weight is 256 g/mol. The van der Waals surface area contributed by atoms with Crippen LogP contribution in [0.1, 0.15) is 39.2 Å². The van der Waals surface area contributed by atoms with E-state index in [0.29, 0.717) is 0 Å². The number of ketones is 1. The number of carbonyl (C=O) groups is 1. The third-order valence-corrected chi connectivity index (χ3v) is 3.70. The van der Waals surface area contributed by atoms with E-state index < -0.39 is 5.60 Å². The second-order valence-electron chi connectivity index (χ2n) is 5.28. The van der Waals surface area contributed by atoms with Gasteiger partial charge < -0.3 is 4.74 Å². The van der Waals surface area contributed by atoms with E-state index in [1.807, 2.05) is 50.3 Å². The molecule has 0 saturated carbocycles. The van der Waals surface area contributed by atoms with Gasteiger partial charge in [0.1, 0.15) is 0 Å². The van der Waals surface area contributed by atoms with Crippen LogP contribution in [0, 0.1) is 0 Å². The summed E-state index contributed by atoms with van der Waals surface area (Å²) in [4.78, 5) is 12.3. The zero-order chi connectivity index (χ0) is 13.9. The number of benzene rings is 1. The third kappa shape index (κ3) is 3.14. The van der Waals surface area contributed by atoms with Crippen molar-refractivity contribution < 1.29 is 9.53 Å². The molecular weight excluding hydrogens is 236 g/mol. The summed E-state index contributed by atoms with van der Waals surface area (Å²) in [5, 5.41) is 0. The molecule has 0 aromatic heterocycles. The lowest BCUT2D eigenvalue weighted by atomic mass is 9.89. The van der Waals surface area contributed by atoms with Crippen molar-refractivity contribution >= 4 is 11.9 Å². The van der Waals surface area contributed by atoms with Gasteiger partial charge in [-0.05, 0) is 50.8 Å². The van der Waals surface area contributed by atoms with Crippen molar-refractivity contribution in [1.82, 2.24) is 0 Å². The van der Waals surface area contributed by atoms with Crippen LogP contribution in [0.4, 0.5) is 0 Å². The number of hydrogen-bond donors (Lipinski definition) is 0. The summed E-state index contributed by atoms with van der Waals surface area (Å²) < 4.78 is 5.82. The van der Waals surface area contributed by atoms with Crippen molar-refractivity contribution in [3.8, 4) is 0 Å². The van der Waals surface area contributed by atoms with Gasteiger partial charge >= 0.3 is 0 Å². The van der Waals surface area contributed by atoms with Crippen LogP contribution in [0.3, 0.4) is 0 Å². The molecule has 0 N–H and O–H groups in total. The number of hydrogen-bond acceptors (Lipinski definition) is 2. The van der Waals surface area contributed by atoms with Crippen molar-refractivity contribution in [3.05, 3.63) is 53.3 Å². The Bertz CT molecular complexity index is 525. The van der Waals surface area contributed by atoms with Crippen molar-refractivity contribution in [1.29, 1.82) is 0 Å². The van der Waals surface area contributed by atoms with Crippen LogP contribution in [0.15, 0.2) is 47.7 Å². The molecule has 1 unspecified atom stereocenters. The van der Waals surface area contributed by atoms with E-state index in [2.05, 4.69) is 6.92 Å². The predicted octanol–water partition coefficient (Wildman–Crippen LogP) is 4.13. The maximum absolute atomic E-state index is 12.3. The van der Waals surface area contributed by atoms with Crippen molar-refractivity contribution in [2.45, 2.75) is 39.2 Å². The molecule has 0 amide bonds. The predicted molar refractivity (Wildman–Crippen MR) is 77.6 cm³/mol. The van der Waals surface area contributed by atoms with Gasteiger partial charge in [0.15, 0.2) is 11.4 Å². The lowest BCUT2D eigenvalue weighted by Crippen LogP contribution is -2.39. The van der Waals surface area contributed by atoms with Gasteiger partial charge in [-0.1, -0.05) is 36.4 Å². The smallest absolute Gasteiger partial charge is 0.198 e. The summed E-state index contributed by atoms with van der Waals surface area (Å²) in [7, 11) is 0. The monoisotopic (exact) mass is 256 g/mol. The second kappa shape index (κ2) is 5.43. The number of ether oxygens (including phenoxy) is 1. The highest BCUT2D eigenvalue weighted by molar-refractivity contribution is 6.00. The Morgan fingerprint density at radius 1 is 1.26 bits per heavy atom. The molecule has 0 fully saturated rings. The maximum Gasteiger partial charge on any atom is 0.198 e. The molecule has 0 spiro atoms. The summed E-state index contributed by atoms with van der Waals surface area (Å²) in [6.07, 6.45) is 5.14. The zero-order valence-corrected chi connectivity index (χ0v) is 11.8. The number of allylic oxidation sites excluding steroid dienone is 2. The minimum absolute atomic E-state index is 0.0307. The normalized spacial score (nSPS) is 23.5. The fourth-order valence-corrected chi connectivity index (χ4v) is 2.16. The third-order valence-electron chi connectivity index (χ3n) is 3.70. The van der Waals surface area contributed by atoms with Crippen LogP contribution in [-0.2, 0) is 9.53 Å². The van der Waals surface area contributed by atoms with E-state index in [1.165, 1.54) is 5.57 Å². The first-order valence-corrected chi connectivity index (χ1v) is 6.64. The Hall–Kier alpha value is -1.83. The first-order chi connectivity index (χ1) is 9.01. The van der Waals surface area contributed by atoms with Crippen molar-refractivity contribution in [3.63, 3.8) is 0 Å². The Balaban J connectivity index is 2.10. The lowest BCUT2D eigenvalue weighted by molar-refractivity contribution is -0.134. The lowest BCUT2D eigenvalue weighted by Gasteiger charge is -2.33. The molecule has 1 aliphatic heterocycles. The first kappa shape index (κ1) is 13.6. The first-order valence-electron chi connectivity index (χ1n) is 6.64. The fraction of sp³-hybridized carbons (Fsp3) is 0.353. The van der Waals surface area contributed by atoms with Gasteiger partial charge in [-0.2, -0.15) is 0 Å². The van der Waals surface area contributed by atoms with Gasteiger partial charge in [0.2, 0.25) is 0 Å². The van der Waals surface area contributed by atoms with Crippen LogP contribution < -0.4 is 0 Å². The summed E-state index contributed by atoms with van der Waals surface area (Å²) >= 11 is 0. The summed E-state index contributed by atoms with van der Waals surface area (Å²) in [6.45, 7) is 5.86. The van der Waals surface area contributed by atoms with Gasteiger partial charge in [-0.25, -0.2) is 0 Å². The fourth-order valence-electron chi connectivity index (χ4n) is 2.16. The Morgan fingerprint density at radius 3 is 2.58 bits per heavy atom. The molecule has 0 radical (unpaired) electrons. The summed E-state index contributed by atoms with van der Waals surface area (Å²) in [5.41, 5.74) is 1.55. The minimum Gasteiger partial charge on any atom is -0.484 e. The van der Waals surface area contributed by atoms with E-state index in [9.17, 15) is 4.79 Å². The number of carbonyl (C=O) groups excluding carboxylic acids is 1. The molecule has 2 nitrogen and oxygen atoms in total. The molecule has 1 aromatic rings. The molecule has 2 heteroatoms.